The molecular weight excluding hydrogens is 359 g/mol. The predicted octanol–water partition coefficient (Wildman–Crippen LogP) is 4.46. The first kappa shape index (κ1) is 22.1. The Balaban J connectivity index is 1.87. The molecule has 0 radical (unpaired) electrons. The van der Waals surface area contributed by atoms with E-state index in [1.54, 1.807) is 6.07 Å². The van der Waals surface area contributed by atoms with E-state index in [-0.39, 0.29) is 12.2 Å². The molecule has 1 fully saturated rings. The van der Waals surface area contributed by atoms with Gasteiger partial charge in [0.25, 0.3) is 0 Å². The number of rotatable bonds is 10. The lowest BCUT2D eigenvalue weighted by molar-refractivity contribution is 0.182. The van der Waals surface area contributed by atoms with Crippen LogP contribution in [0.2, 0.25) is 0 Å². The van der Waals surface area contributed by atoms with Gasteiger partial charge in [-0.25, -0.2) is 0 Å². The Bertz CT molecular complexity index is 668. The van der Waals surface area contributed by atoms with Gasteiger partial charge in [-0.05, 0) is 50.3 Å². The fourth-order valence-corrected chi connectivity index (χ4v) is 6.63. The number of nitriles is 1. The highest BCUT2D eigenvalue weighted by Crippen LogP contribution is 2.51. The Morgan fingerprint density at radius 2 is 2.11 bits per heavy atom. The maximum atomic E-state index is 13.2. The van der Waals surface area contributed by atoms with E-state index in [2.05, 4.69) is 11.4 Å². The van der Waals surface area contributed by atoms with Crippen LogP contribution in [0.1, 0.15) is 63.1 Å². The minimum absolute atomic E-state index is 0.00206. The highest BCUT2D eigenvalue weighted by atomic mass is 31.2. The average molecular weight is 392 g/mol. The van der Waals surface area contributed by atoms with E-state index in [9.17, 15) is 9.67 Å². The number of benzene rings is 1. The number of nitrogens with zero attached hydrogens (tertiary/aromatic N) is 1. The van der Waals surface area contributed by atoms with Gasteiger partial charge in [0.2, 0.25) is 7.37 Å². The topological polar surface area (TPSA) is 82.3 Å². The fraction of sp³-hybridized carbons (Fsp3) is 0.667. The molecule has 2 unspecified atom stereocenters. The molecule has 1 aliphatic rings. The molecule has 0 spiro atoms. The maximum Gasteiger partial charge on any atom is 0.206 e. The third-order valence-corrected chi connectivity index (χ3v) is 8.07. The molecule has 0 heterocycles. The van der Waals surface area contributed by atoms with Crippen LogP contribution < -0.4 is 5.32 Å². The zero-order valence-corrected chi connectivity index (χ0v) is 17.5. The van der Waals surface area contributed by atoms with Crippen molar-refractivity contribution >= 4 is 7.37 Å². The molecule has 1 aromatic carbocycles. The summed E-state index contributed by atoms with van der Waals surface area (Å²) in [6.45, 7) is 4.62. The predicted molar refractivity (Wildman–Crippen MR) is 109 cm³/mol. The number of aliphatic hydroxyl groups is 1. The van der Waals surface area contributed by atoms with Gasteiger partial charge < -0.3 is 14.9 Å². The smallest absolute Gasteiger partial charge is 0.206 e. The van der Waals surface area contributed by atoms with Gasteiger partial charge in [0.05, 0.1) is 30.5 Å². The van der Waals surface area contributed by atoms with E-state index in [1.165, 1.54) is 19.3 Å². The first-order chi connectivity index (χ1) is 13.0. The number of nitrogens with one attached hydrogen (secondary N) is 1. The summed E-state index contributed by atoms with van der Waals surface area (Å²) in [6.07, 6.45) is 6.02. The van der Waals surface area contributed by atoms with Crippen molar-refractivity contribution in [2.75, 3.05) is 25.5 Å². The molecule has 0 aromatic heterocycles. The minimum Gasteiger partial charge on any atom is -0.391 e. The Morgan fingerprint density at radius 1 is 1.37 bits per heavy atom. The van der Waals surface area contributed by atoms with Crippen LogP contribution in [-0.2, 0) is 9.09 Å². The molecule has 1 aromatic rings. The van der Waals surface area contributed by atoms with E-state index >= 15 is 0 Å². The molecule has 2 N–H and O–H groups in total. The van der Waals surface area contributed by atoms with Gasteiger partial charge in [0.15, 0.2) is 0 Å². The SMILES string of the molecule is CCOP(=O)(CC1CCCCC1)C[C@@H](O)CNC(C)c1cccc(C#N)c1. The molecule has 0 saturated heterocycles. The van der Waals surface area contributed by atoms with Crippen molar-refractivity contribution in [2.24, 2.45) is 5.92 Å². The Morgan fingerprint density at radius 3 is 2.78 bits per heavy atom. The maximum absolute atomic E-state index is 13.2. The zero-order chi connectivity index (χ0) is 19.7. The second-order valence-corrected chi connectivity index (χ2v) is 10.2. The lowest BCUT2D eigenvalue weighted by atomic mass is 9.91. The Labute approximate surface area is 163 Å². The third-order valence-electron chi connectivity index (χ3n) is 5.29. The van der Waals surface area contributed by atoms with Crippen LogP contribution >= 0.6 is 7.37 Å². The van der Waals surface area contributed by atoms with Gasteiger partial charge in [0, 0.05) is 18.7 Å². The molecule has 5 nitrogen and oxygen atoms in total. The first-order valence-corrected chi connectivity index (χ1v) is 12.1. The number of hydrogen-bond acceptors (Lipinski definition) is 5. The number of hydrogen-bond donors (Lipinski definition) is 2. The monoisotopic (exact) mass is 392 g/mol. The van der Waals surface area contributed by atoms with Crippen molar-refractivity contribution in [1.82, 2.24) is 5.32 Å². The largest absolute Gasteiger partial charge is 0.391 e. The molecule has 0 aliphatic heterocycles. The quantitative estimate of drug-likeness (QED) is 0.574. The highest BCUT2D eigenvalue weighted by Gasteiger charge is 2.31. The van der Waals surface area contributed by atoms with Gasteiger partial charge in [-0.1, -0.05) is 31.4 Å². The van der Waals surface area contributed by atoms with Gasteiger partial charge in [0.1, 0.15) is 0 Å². The molecule has 2 rings (SSSR count). The van der Waals surface area contributed by atoms with Gasteiger partial charge in [-0.15, -0.1) is 0 Å². The summed E-state index contributed by atoms with van der Waals surface area (Å²) in [5.74, 6) is 0.462. The molecular formula is C21H33N2O3P. The Hall–Kier alpha value is -1.18. The molecule has 1 aliphatic carbocycles. The van der Waals surface area contributed by atoms with Crippen LogP contribution in [0.3, 0.4) is 0 Å². The van der Waals surface area contributed by atoms with Crippen molar-refractivity contribution in [3.63, 3.8) is 0 Å². The van der Waals surface area contributed by atoms with Gasteiger partial charge in [-0.3, -0.25) is 4.57 Å². The summed E-state index contributed by atoms with van der Waals surface area (Å²) in [7, 11) is -2.82. The van der Waals surface area contributed by atoms with Gasteiger partial charge in [-0.2, -0.15) is 5.26 Å². The molecule has 27 heavy (non-hydrogen) atoms. The fourth-order valence-electron chi connectivity index (χ4n) is 3.87. The van der Waals surface area contributed by atoms with Crippen LogP contribution in [0.5, 0.6) is 0 Å². The standard InChI is InChI=1S/C21H33N2O3P/c1-3-26-27(25,15-18-8-5-4-6-9-18)16-21(24)14-23-17(2)20-11-7-10-19(12-20)13-22/h7,10-12,17-18,21,23-24H,3-6,8-9,14-16H2,1-2H3/t17?,21-,27?/m0/s1. The second-order valence-electron chi connectivity index (χ2n) is 7.62. The van der Waals surface area contributed by atoms with Crippen LogP contribution in [0.15, 0.2) is 24.3 Å². The summed E-state index contributed by atoms with van der Waals surface area (Å²) < 4.78 is 18.9. The molecule has 6 heteroatoms. The summed E-state index contributed by atoms with van der Waals surface area (Å²) in [6, 6.07) is 9.57. The molecule has 3 atom stereocenters. The molecule has 1 saturated carbocycles. The van der Waals surface area contributed by atoms with E-state index in [4.69, 9.17) is 9.79 Å². The molecule has 150 valence electrons. The molecule has 0 amide bonds. The van der Waals surface area contributed by atoms with Crippen molar-refractivity contribution in [3.8, 4) is 6.07 Å². The van der Waals surface area contributed by atoms with Crippen molar-refractivity contribution in [1.29, 1.82) is 5.26 Å². The summed E-state index contributed by atoms with van der Waals surface area (Å²) in [5, 5.41) is 22.8. The average Bonchev–Trinajstić information content (AvgIpc) is 2.66. The summed E-state index contributed by atoms with van der Waals surface area (Å²) in [5.41, 5.74) is 1.62. The lowest BCUT2D eigenvalue weighted by Crippen LogP contribution is -2.32. The highest BCUT2D eigenvalue weighted by molar-refractivity contribution is 7.59. The normalized spacial score (nSPS) is 19.8. The summed E-state index contributed by atoms with van der Waals surface area (Å²) in [4.78, 5) is 0. The van der Waals surface area contributed by atoms with E-state index in [1.807, 2.05) is 32.0 Å². The van der Waals surface area contributed by atoms with Crippen LogP contribution in [0.4, 0.5) is 0 Å². The van der Waals surface area contributed by atoms with Crippen molar-refractivity contribution in [2.45, 2.75) is 58.1 Å². The molecule has 0 bridgehead atoms. The van der Waals surface area contributed by atoms with E-state index in [0.717, 1.165) is 18.4 Å². The second kappa shape index (κ2) is 11.0. The van der Waals surface area contributed by atoms with Crippen LogP contribution in [-0.4, -0.2) is 36.7 Å². The zero-order valence-electron chi connectivity index (χ0n) is 16.6. The summed E-state index contributed by atoms with van der Waals surface area (Å²) >= 11 is 0. The number of aliphatic hydroxyl groups excluding tert-OH is 1. The van der Waals surface area contributed by atoms with Crippen LogP contribution in [0, 0.1) is 17.2 Å². The first-order valence-electron chi connectivity index (χ1n) is 10.1. The van der Waals surface area contributed by atoms with Crippen LogP contribution in [0.25, 0.3) is 0 Å². The third kappa shape index (κ3) is 7.39. The van der Waals surface area contributed by atoms with Crippen molar-refractivity contribution < 1.29 is 14.2 Å². The Kier molecular flexibility index (Phi) is 8.99. The van der Waals surface area contributed by atoms with Gasteiger partial charge >= 0.3 is 0 Å². The minimum atomic E-state index is -2.82. The van der Waals surface area contributed by atoms with E-state index < -0.39 is 13.5 Å². The van der Waals surface area contributed by atoms with Crippen molar-refractivity contribution in [3.05, 3.63) is 35.4 Å². The lowest BCUT2D eigenvalue weighted by Gasteiger charge is -2.28. The van der Waals surface area contributed by atoms with E-state index in [0.29, 0.717) is 30.8 Å².